The van der Waals surface area contributed by atoms with Crippen LogP contribution in [0, 0.1) is 0 Å². The van der Waals surface area contributed by atoms with E-state index in [-0.39, 0.29) is 12.5 Å². The minimum atomic E-state index is 0.0288. The molecule has 0 fully saturated rings. The molecule has 0 amide bonds. The molecule has 2 heterocycles. The van der Waals surface area contributed by atoms with Crippen LogP contribution in [0.25, 0.3) is 11.3 Å². The summed E-state index contributed by atoms with van der Waals surface area (Å²) < 4.78 is 21.0. The Morgan fingerprint density at radius 3 is 2.94 bits per heavy atom. The summed E-state index contributed by atoms with van der Waals surface area (Å²) in [6.07, 6.45) is 1.53. The maximum atomic E-state index is 9.98. The zero-order valence-corrected chi connectivity index (χ0v) is 9.10. The van der Waals surface area contributed by atoms with Crippen LogP contribution in [-0.4, -0.2) is 19.0 Å². The number of hydrogen-bond donors (Lipinski definition) is 1. The van der Waals surface area contributed by atoms with Crippen molar-refractivity contribution < 1.29 is 23.7 Å². The number of phenolic OH excluding ortho intramolecular Hbond substituents is 1. The van der Waals surface area contributed by atoms with Crippen molar-refractivity contribution in [1.82, 2.24) is 0 Å². The van der Waals surface area contributed by atoms with E-state index in [1.54, 1.807) is 12.1 Å². The number of fused-ring (bicyclic) bond motifs is 1. The van der Waals surface area contributed by atoms with E-state index < -0.39 is 0 Å². The fourth-order valence-corrected chi connectivity index (χ4v) is 1.85. The van der Waals surface area contributed by atoms with E-state index in [0.717, 1.165) is 0 Å². The molecular weight excluding hydrogens is 224 g/mol. The SMILES string of the molecule is COc1c2c(cc(O)c1-c1ccco1)OCO2. The van der Waals surface area contributed by atoms with Gasteiger partial charge in [-0.3, -0.25) is 0 Å². The van der Waals surface area contributed by atoms with Crippen molar-refractivity contribution in [3.8, 4) is 34.3 Å². The monoisotopic (exact) mass is 234 g/mol. The van der Waals surface area contributed by atoms with Gasteiger partial charge in [0.2, 0.25) is 12.5 Å². The maximum absolute atomic E-state index is 9.98. The first-order chi connectivity index (χ1) is 8.31. The number of methoxy groups -OCH3 is 1. The van der Waals surface area contributed by atoms with Gasteiger partial charge in [-0.2, -0.15) is 0 Å². The molecule has 17 heavy (non-hydrogen) atoms. The second kappa shape index (κ2) is 3.62. The Kier molecular flexibility index (Phi) is 2.11. The lowest BCUT2D eigenvalue weighted by Crippen LogP contribution is -1.94. The van der Waals surface area contributed by atoms with Gasteiger partial charge in [0, 0.05) is 6.07 Å². The Labute approximate surface area is 97.1 Å². The highest BCUT2D eigenvalue weighted by Crippen LogP contribution is 2.51. The number of benzene rings is 1. The molecule has 0 spiro atoms. The van der Waals surface area contributed by atoms with Gasteiger partial charge in [-0.25, -0.2) is 0 Å². The Bertz CT molecular complexity index is 545. The molecule has 0 bridgehead atoms. The number of phenols is 1. The molecule has 0 radical (unpaired) electrons. The lowest BCUT2D eigenvalue weighted by atomic mass is 10.1. The molecule has 0 unspecified atom stereocenters. The molecule has 1 aromatic heterocycles. The van der Waals surface area contributed by atoms with Crippen LogP contribution in [0.1, 0.15) is 0 Å². The van der Waals surface area contributed by atoms with Crippen molar-refractivity contribution in [3.63, 3.8) is 0 Å². The summed E-state index contributed by atoms with van der Waals surface area (Å²) in [6.45, 7) is 0.118. The van der Waals surface area contributed by atoms with Crippen LogP contribution < -0.4 is 14.2 Å². The Morgan fingerprint density at radius 1 is 1.35 bits per heavy atom. The van der Waals surface area contributed by atoms with Crippen LogP contribution in [-0.2, 0) is 0 Å². The molecule has 0 saturated heterocycles. The molecule has 0 atom stereocenters. The number of ether oxygens (including phenoxy) is 3. The smallest absolute Gasteiger partial charge is 0.231 e. The molecule has 5 heteroatoms. The molecule has 0 saturated carbocycles. The third-order valence-corrected chi connectivity index (χ3v) is 2.57. The van der Waals surface area contributed by atoms with E-state index in [0.29, 0.717) is 28.6 Å². The first-order valence-corrected chi connectivity index (χ1v) is 5.04. The summed E-state index contributed by atoms with van der Waals surface area (Å²) in [5, 5.41) is 9.98. The van der Waals surface area contributed by atoms with Crippen molar-refractivity contribution in [2.75, 3.05) is 13.9 Å². The maximum Gasteiger partial charge on any atom is 0.231 e. The summed E-state index contributed by atoms with van der Waals surface area (Å²) in [4.78, 5) is 0. The lowest BCUT2D eigenvalue weighted by molar-refractivity contribution is 0.171. The Morgan fingerprint density at radius 2 is 2.24 bits per heavy atom. The van der Waals surface area contributed by atoms with Crippen molar-refractivity contribution in [3.05, 3.63) is 24.5 Å². The van der Waals surface area contributed by atoms with Crippen LogP contribution in [0.4, 0.5) is 0 Å². The highest BCUT2D eigenvalue weighted by atomic mass is 16.7. The highest BCUT2D eigenvalue weighted by Gasteiger charge is 2.27. The van der Waals surface area contributed by atoms with Gasteiger partial charge in [0.25, 0.3) is 0 Å². The molecule has 88 valence electrons. The van der Waals surface area contributed by atoms with Crippen LogP contribution in [0.3, 0.4) is 0 Å². The number of rotatable bonds is 2. The Hall–Kier alpha value is -2.30. The molecule has 1 aliphatic rings. The summed E-state index contributed by atoms with van der Waals surface area (Å²) >= 11 is 0. The van der Waals surface area contributed by atoms with E-state index >= 15 is 0 Å². The second-order valence-electron chi connectivity index (χ2n) is 3.52. The molecule has 5 nitrogen and oxygen atoms in total. The second-order valence-corrected chi connectivity index (χ2v) is 3.52. The molecule has 3 rings (SSSR count). The standard InChI is InChI=1S/C12H10O5/c1-14-12-10(8-3-2-4-15-8)7(13)5-9-11(12)17-6-16-9/h2-5,13H,6H2,1H3. The lowest BCUT2D eigenvalue weighted by Gasteiger charge is -2.11. The van der Waals surface area contributed by atoms with E-state index in [1.165, 1.54) is 19.4 Å². The van der Waals surface area contributed by atoms with Gasteiger partial charge in [0.15, 0.2) is 11.5 Å². The zero-order chi connectivity index (χ0) is 11.8. The molecule has 1 N–H and O–H groups in total. The van der Waals surface area contributed by atoms with Crippen molar-refractivity contribution in [2.24, 2.45) is 0 Å². The molecule has 1 aromatic carbocycles. The van der Waals surface area contributed by atoms with Crippen molar-refractivity contribution >= 4 is 0 Å². The van der Waals surface area contributed by atoms with Crippen LogP contribution in [0.5, 0.6) is 23.0 Å². The van der Waals surface area contributed by atoms with Gasteiger partial charge >= 0.3 is 0 Å². The minimum absolute atomic E-state index is 0.0288. The van der Waals surface area contributed by atoms with Gasteiger partial charge < -0.3 is 23.7 Å². The van der Waals surface area contributed by atoms with Gasteiger partial charge in [-0.1, -0.05) is 0 Å². The molecule has 0 aliphatic carbocycles. The average Bonchev–Trinajstić information content (AvgIpc) is 2.96. The first kappa shape index (κ1) is 9.89. The first-order valence-electron chi connectivity index (χ1n) is 5.04. The predicted octanol–water partition coefficient (Wildman–Crippen LogP) is 2.39. The van der Waals surface area contributed by atoms with Gasteiger partial charge in [-0.05, 0) is 12.1 Å². The highest BCUT2D eigenvalue weighted by molar-refractivity contribution is 5.79. The predicted molar refractivity (Wildman–Crippen MR) is 58.5 cm³/mol. The van der Waals surface area contributed by atoms with Gasteiger partial charge in [0.05, 0.1) is 13.4 Å². The summed E-state index contributed by atoms with van der Waals surface area (Å²) in [7, 11) is 1.50. The normalized spacial score (nSPS) is 12.8. The average molecular weight is 234 g/mol. The van der Waals surface area contributed by atoms with Gasteiger partial charge in [0.1, 0.15) is 17.1 Å². The number of hydrogen-bond acceptors (Lipinski definition) is 5. The summed E-state index contributed by atoms with van der Waals surface area (Å²) in [5.41, 5.74) is 0.460. The molecule has 2 aromatic rings. The van der Waals surface area contributed by atoms with Crippen LogP contribution in [0.2, 0.25) is 0 Å². The van der Waals surface area contributed by atoms with E-state index in [1.807, 2.05) is 0 Å². The topological polar surface area (TPSA) is 61.1 Å². The fourth-order valence-electron chi connectivity index (χ4n) is 1.85. The summed E-state index contributed by atoms with van der Waals surface area (Å²) in [5.74, 6) is 1.90. The van der Waals surface area contributed by atoms with Crippen LogP contribution in [0.15, 0.2) is 28.9 Å². The molecular formula is C12H10O5. The third-order valence-electron chi connectivity index (χ3n) is 2.57. The van der Waals surface area contributed by atoms with Crippen LogP contribution >= 0.6 is 0 Å². The third kappa shape index (κ3) is 1.39. The number of aromatic hydroxyl groups is 1. The van der Waals surface area contributed by atoms with E-state index in [4.69, 9.17) is 18.6 Å². The van der Waals surface area contributed by atoms with Crippen molar-refractivity contribution in [1.29, 1.82) is 0 Å². The summed E-state index contributed by atoms with van der Waals surface area (Å²) in [6, 6.07) is 4.96. The fraction of sp³-hybridized carbons (Fsp3) is 0.167. The number of furan rings is 1. The van der Waals surface area contributed by atoms with Crippen molar-refractivity contribution in [2.45, 2.75) is 0 Å². The zero-order valence-electron chi connectivity index (χ0n) is 9.10. The largest absolute Gasteiger partial charge is 0.507 e. The quantitative estimate of drug-likeness (QED) is 0.864. The Balaban J connectivity index is 2.27. The minimum Gasteiger partial charge on any atom is -0.507 e. The van der Waals surface area contributed by atoms with E-state index in [2.05, 4.69) is 0 Å². The van der Waals surface area contributed by atoms with Gasteiger partial charge in [-0.15, -0.1) is 0 Å². The molecule has 1 aliphatic heterocycles. The van der Waals surface area contributed by atoms with E-state index in [9.17, 15) is 5.11 Å².